The van der Waals surface area contributed by atoms with Gasteiger partial charge in [-0.2, -0.15) is 4.31 Å². The molecule has 0 saturated carbocycles. The maximum absolute atomic E-state index is 12.3. The number of hydrogen-bond acceptors (Lipinski definition) is 5. The van der Waals surface area contributed by atoms with Gasteiger partial charge in [0.15, 0.2) is 0 Å². The molecule has 1 aromatic heterocycles. The first-order valence-corrected chi connectivity index (χ1v) is 8.99. The topological polar surface area (TPSA) is 59.5 Å². The van der Waals surface area contributed by atoms with Crippen molar-refractivity contribution < 1.29 is 13.2 Å². The second-order valence-electron chi connectivity index (χ2n) is 4.31. The summed E-state index contributed by atoms with van der Waals surface area (Å²) in [6.45, 7) is 0.718. The number of sulfonamides is 1. The van der Waals surface area contributed by atoms with Crippen LogP contribution in [0.3, 0.4) is 0 Å². The Morgan fingerprint density at radius 2 is 2.00 bits per heavy atom. The molecule has 20 heavy (non-hydrogen) atoms. The van der Waals surface area contributed by atoms with Crippen LogP contribution in [0.25, 0.3) is 0 Å². The van der Waals surface area contributed by atoms with Crippen LogP contribution in [0.1, 0.15) is 0 Å². The smallest absolute Gasteiger partial charge is 0.273 e. The quantitative estimate of drug-likeness (QED) is 0.823. The average molecular weight is 375 g/mol. The van der Waals surface area contributed by atoms with Crippen molar-refractivity contribution in [2.75, 3.05) is 13.1 Å². The lowest BCUT2D eigenvalue weighted by atomic mass is 10.2. The van der Waals surface area contributed by atoms with Gasteiger partial charge < -0.3 is 4.74 Å². The number of hydrogen-bond donors (Lipinski definition) is 0. The van der Waals surface area contributed by atoms with Crippen molar-refractivity contribution in [3.8, 4) is 5.19 Å². The number of aromatic nitrogens is 1. The van der Waals surface area contributed by atoms with E-state index in [4.69, 9.17) is 4.74 Å². The number of rotatable bonds is 4. The van der Waals surface area contributed by atoms with E-state index in [-0.39, 0.29) is 6.10 Å². The normalized spacial score (nSPS) is 16.9. The largest absolute Gasteiger partial charge is 0.464 e. The van der Waals surface area contributed by atoms with Crippen LogP contribution < -0.4 is 4.74 Å². The molecule has 0 spiro atoms. The van der Waals surface area contributed by atoms with Crippen LogP contribution in [0.5, 0.6) is 5.19 Å². The van der Waals surface area contributed by atoms with Gasteiger partial charge in [0, 0.05) is 16.0 Å². The summed E-state index contributed by atoms with van der Waals surface area (Å²) in [4.78, 5) is 4.32. The first-order valence-electron chi connectivity index (χ1n) is 5.87. The monoisotopic (exact) mass is 374 g/mol. The fourth-order valence-electron chi connectivity index (χ4n) is 1.84. The van der Waals surface area contributed by atoms with Gasteiger partial charge in [-0.15, -0.1) is 0 Å². The molecule has 1 saturated heterocycles. The molecule has 0 radical (unpaired) electrons. The molecule has 2 aromatic rings. The van der Waals surface area contributed by atoms with E-state index in [1.54, 1.807) is 30.5 Å². The predicted octanol–water partition coefficient (Wildman–Crippen LogP) is 2.36. The molecule has 8 heteroatoms. The molecule has 5 nitrogen and oxygen atoms in total. The van der Waals surface area contributed by atoms with Crippen LogP contribution in [0.15, 0.2) is 45.2 Å². The number of nitrogens with zero attached hydrogens (tertiary/aromatic N) is 2. The first-order chi connectivity index (χ1) is 9.55. The lowest BCUT2D eigenvalue weighted by Gasteiger charge is -2.37. The van der Waals surface area contributed by atoms with E-state index in [1.807, 2.05) is 5.38 Å². The predicted molar refractivity (Wildman–Crippen MR) is 79.4 cm³/mol. The molecule has 0 bridgehead atoms. The lowest BCUT2D eigenvalue weighted by Crippen LogP contribution is -2.55. The average Bonchev–Trinajstić information content (AvgIpc) is 2.86. The fourth-order valence-corrected chi connectivity index (χ4v) is 4.16. The second kappa shape index (κ2) is 5.44. The number of thiazole rings is 1. The zero-order valence-corrected chi connectivity index (χ0v) is 13.5. The Morgan fingerprint density at radius 1 is 1.30 bits per heavy atom. The molecule has 0 amide bonds. The number of ether oxygens (including phenoxy) is 1. The minimum absolute atomic E-state index is 0.119. The summed E-state index contributed by atoms with van der Waals surface area (Å²) in [6.07, 6.45) is 1.54. The minimum atomic E-state index is -3.42. The third-order valence-electron chi connectivity index (χ3n) is 2.94. The van der Waals surface area contributed by atoms with Crippen LogP contribution in [-0.2, 0) is 10.0 Å². The Hall–Kier alpha value is -0.960. The van der Waals surface area contributed by atoms with Gasteiger partial charge in [0.05, 0.1) is 18.0 Å². The molecule has 0 unspecified atom stereocenters. The summed E-state index contributed by atoms with van der Waals surface area (Å²) >= 11 is 4.69. The van der Waals surface area contributed by atoms with Crippen molar-refractivity contribution in [2.45, 2.75) is 11.0 Å². The van der Waals surface area contributed by atoms with Gasteiger partial charge in [0.2, 0.25) is 10.0 Å². The molecule has 1 fully saturated rings. The highest BCUT2D eigenvalue weighted by Gasteiger charge is 2.38. The summed E-state index contributed by atoms with van der Waals surface area (Å²) in [5.74, 6) is 0. The van der Waals surface area contributed by atoms with Gasteiger partial charge in [-0.25, -0.2) is 13.4 Å². The third-order valence-corrected chi connectivity index (χ3v) is 5.98. The summed E-state index contributed by atoms with van der Waals surface area (Å²) in [7, 11) is -3.42. The number of benzene rings is 1. The molecule has 106 valence electrons. The molecular formula is C12H11BrN2O3S2. The maximum Gasteiger partial charge on any atom is 0.273 e. The van der Waals surface area contributed by atoms with E-state index >= 15 is 0 Å². The highest BCUT2D eigenvalue weighted by molar-refractivity contribution is 9.10. The Morgan fingerprint density at radius 3 is 2.60 bits per heavy atom. The summed E-state index contributed by atoms with van der Waals surface area (Å²) in [5.41, 5.74) is 0. The molecule has 1 aliphatic heterocycles. The van der Waals surface area contributed by atoms with Gasteiger partial charge in [0.1, 0.15) is 6.10 Å². The lowest BCUT2D eigenvalue weighted by molar-refractivity contribution is 0.0759. The molecule has 1 aromatic carbocycles. The van der Waals surface area contributed by atoms with Crippen molar-refractivity contribution in [3.63, 3.8) is 0 Å². The van der Waals surface area contributed by atoms with E-state index in [2.05, 4.69) is 20.9 Å². The van der Waals surface area contributed by atoms with E-state index in [9.17, 15) is 8.42 Å². The molecule has 3 rings (SSSR count). The first kappa shape index (κ1) is 14.0. The van der Waals surface area contributed by atoms with E-state index < -0.39 is 10.0 Å². The van der Waals surface area contributed by atoms with Crippen LogP contribution in [0.2, 0.25) is 0 Å². The maximum atomic E-state index is 12.3. The van der Waals surface area contributed by atoms with Crippen LogP contribution in [-0.4, -0.2) is 36.9 Å². The van der Waals surface area contributed by atoms with Crippen LogP contribution in [0, 0.1) is 0 Å². The molecular weight excluding hydrogens is 364 g/mol. The Labute approximate surface area is 129 Å². The summed E-state index contributed by atoms with van der Waals surface area (Å²) in [5, 5.41) is 2.40. The van der Waals surface area contributed by atoms with E-state index in [1.165, 1.54) is 15.6 Å². The Balaban J connectivity index is 1.65. The van der Waals surface area contributed by atoms with Crippen molar-refractivity contribution in [2.24, 2.45) is 0 Å². The summed E-state index contributed by atoms with van der Waals surface area (Å²) < 4.78 is 32.5. The SMILES string of the molecule is O=S(=O)(c1ccc(Br)cc1)N1CC(Oc2nccs2)C1. The van der Waals surface area contributed by atoms with Gasteiger partial charge in [0.25, 0.3) is 5.19 Å². The zero-order valence-electron chi connectivity index (χ0n) is 10.3. The second-order valence-corrected chi connectivity index (χ2v) is 8.02. The van der Waals surface area contributed by atoms with Crippen molar-refractivity contribution in [1.82, 2.24) is 9.29 Å². The number of halogens is 1. The zero-order chi connectivity index (χ0) is 14.2. The molecule has 0 atom stereocenters. The van der Waals surface area contributed by atoms with Crippen LogP contribution in [0.4, 0.5) is 0 Å². The standard InChI is InChI=1S/C12H11BrN2O3S2/c13-9-1-3-11(4-2-9)20(16,17)15-7-10(8-15)18-12-14-5-6-19-12/h1-6,10H,7-8H2. The fraction of sp³-hybridized carbons (Fsp3) is 0.250. The van der Waals surface area contributed by atoms with Gasteiger partial charge in [-0.1, -0.05) is 27.3 Å². The third kappa shape index (κ3) is 2.73. The van der Waals surface area contributed by atoms with Crippen molar-refractivity contribution >= 4 is 37.3 Å². The van der Waals surface area contributed by atoms with Crippen molar-refractivity contribution in [3.05, 3.63) is 40.3 Å². The van der Waals surface area contributed by atoms with Gasteiger partial charge >= 0.3 is 0 Å². The van der Waals surface area contributed by atoms with Gasteiger partial charge in [-0.05, 0) is 24.3 Å². The minimum Gasteiger partial charge on any atom is -0.464 e. The van der Waals surface area contributed by atoms with Gasteiger partial charge in [-0.3, -0.25) is 0 Å². The highest BCUT2D eigenvalue weighted by Crippen LogP contribution is 2.26. The molecule has 0 N–H and O–H groups in total. The Kier molecular flexibility index (Phi) is 3.80. The molecule has 1 aliphatic rings. The molecule has 2 heterocycles. The Bertz CT molecular complexity index is 680. The van der Waals surface area contributed by atoms with Crippen molar-refractivity contribution in [1.29, 1.82) is 0 Å². The molecule has 0 aliphatic carbocycles. The summed E-state index contributed by atoms with van der Waals surface area (Å²) in [6, 6.07) is 6.62. The van der Waals surface area contributed by atoms with E-state index in [0.29, 0.717) is 23.2 Å². The van der Waals surface area contributed by atoms with E-state index in [0.717, 1.165) is 4.47 Å². The highest BCUT2D eigenvalue weighted by atomic mass is 79.9. The van der Waals surface area contributed by atoms with Crippen LogP contribution >= 0.6 is 27.3 Å².